The number of carbonyl (C=O) groups is 1. The average Bonchev–Trinajstić information content (AvgIpc) is 2.82. The van der Waals surface area contributed by atoms with E-state index in [2.05, 4.69) is 16.4 Å². The van der Waals surface area contributed by atoms with Gasteiger partial charge in [-0.15, -0.1) is 0 Å². The van der Waals surface area contributed by atoms with Crippen LogP contribution in [0.25, 0.3) is 0 Å². The Hall–Kier alpha value is -1.29. The number of aromatic nitrogens is 1. The summed E-state index contributed by atoms with van der Waals surface area (Å²) in [6.07, 6.45) is 4.73. The molecule has 1 amide bonds. The van der Waals surface area contributed by atoms with Gasteiger partial charge in [-0.2, -0.15) is 0 Å². The normalized spacial score (nSPS) is 20.1. The van der Waals surface area contributed by atoms with Gasteiger partial charge in [-0.05, 0) is 37.3 Å². The maximum absolute atomic E-state index is 12.3. The molecule has 92 valence electrons. The fourth-order valence-electron chi connectivity index (χ4n) is 2.76. The van der Waals surface area contributed by atoms with E-state index in [0.717, 1.165) is 44.7 Å². The first-order valence-electron chi connectivity index (χ1n) is 6.55. The SMILES string of the molecule is O=C(c1cc2c([nH]1)CCCC2)N1CCNCC1. The first kappa shape index (κ1) is 10.8. The van der Waals surface area contributed by atoms with Crippen molar-refractivity contribution in [3.63, 3.8) is 0 Å². The van der Waals surface area contributed by atoms with Gasteiger partial charge in [-0.1, -0.05) is 0 Å². The fraction of sp³-hybridized carbons (Fsp3) is 0.615. The summed E-state index contributed by atoms with van der Waals surface area (Å²) in [5.41, 5.74) is 3.43. The van der Waals surface area contributed by atoms with Crippen LogP contribution in [0.15, 0.2) is 6.07 Å². The molecule has 4 heteroatoms. The van der Waals surface area contributed by atoms with Crippen LogP contribution < -0.4 is 5.32 Å². The number of carbonyl (C=O) groups excluding carboxylic acids is 1. The van der Waals surface area contributed by atoms with Gasteiger partial charge >= 0.3 is 0 Å². The molecule has 0 saturated carbocycles. The van der Waals surface area contributed by atoms with Crippen LogP contribution in [-0.4, -0.2) is 42.0 Å². The summed E-state index contributed by atoms with van der Waals surface area (Å²) in [5.74, 6) is 0.168. The minimum absolute atomic E-state index is 0.168. The molecule has 17 heavy (non-hydrogen) atoms. The van der Waals surface area contributed by atoms with Gasteiger partial charge in [-0.3, -0.25) is 4.79 Å². The van der Waals surface area contributed by atoms with Crippen molar-refractivity contribution in [1.29, 1.82) is 0 Å². The minimum atomic E-state index is 0.168. The number of H-pyrrole nitrogens is 1. The Kier molecular flexibility index (Phi) is 2.89. The molecule has 1 aliphatic carbocycles. The first-order valence-corrected chi connectivity index (χ1v) is 6.55. The highest BCUT2D eigenvalue weighted by molar-refractivity contribution is 5.93. The molecule has 2 N–H and O–H groups in total. The average molecular weight is 233 g/mol. The molecule has 0 bridgehead atoms. The molecule has 1 fully saturated rings. The van der Waals surface area contributed by atoms with Crippen LogP contribution in [0, 0.1) is 0 Å². The quantitative estimate of drug-likeness (QED) is 0.758. The molecule has 0 atom stereocenters. The molecule has 0 aromatic carbocycles. The van der Waals surface area contributed by atoms with Gasteiger partial charge in [0.15, 0.2) is 0 Å². The van der Waals surface area contributed by atoms with Crippen molar-refractivity contribution in [2.75, 3.05) is 26.2 Å². The first-order chi connectivity index (χ1) is 8.34. The third-order valence-electron chi connectivity index (χ3n) is 3.75. The molecule has 0 radical (unpaired) electrons. The second-order valence-electron chi connectivity index (χ2n) is 4.94. The molecule has 4 nitrogen and oxygen atoms in total. The molecule has 0 unspecified atom stereocenters. The van der Waals surface area contributed by atoms with E-state index in [1.807, 2.05) is 4.90 Å². The lowest BCUT2D eigenvalue weighted by molar-refractivity contribution is 0.0730. The number of piperazine rings is 1. The number of hydrogen-bond donors (Lipinski definition) is 2. The largest absolute Gasteiger partial charge is 0.354 e. The van der Waals surface area contributed by atoms with Crippen molar-refractivity contribution < 1.29 is 4.79 Å². The highest BCUT2D eigenvalue weighted by atomic mass is 16.2. The Labute approximate surface area is 101 Å². The molecule has 3 rings (SSSR count). The lowest BCUT2D eigenvalue weighted by atomic mass is 9.98. The Morgan fingerprint density at radius 2 is 1.94 bits per heavy atom. The molecule has 1 aromatic rings. The smallest absolute Gasteiger partial charge is 0.270 e. The molecule has 0 spiro atoms. The summed E-state index contributed by atoms with van der Waals surface area (Å²) in [6.45, 7) is 3.46. The van der Waals surface area contributed by atoms with E-state index >= 15 is 0 Å². The van der Waals surface area contributed by atoms with Crippen LogP contribution in [0.5, 0.6) is 0 Å². The van der Waals surface area contributed by atoms with Gasteiger partial charge < -0.3 is 15.2 Å². The topological polar surface area (TPSA) is 48.1 Å². The van der Waals surface area contributed by atoms with Crippen molar-refractivity contribution in [3.05, 3.63) is 23.0 Å². The van der Waals surface area contributed by atoms with Crippen LogP contribution in [0.1, 0.15) is 34.6 Å². The fourth-order valence-corrected chi connectivity index (χ4v) is 2.76. The third-order valence-corrected chi connectivity index (χ3v) is 3.75. The van der Waals surface area contributed by atoms with Gasteiger partial charge in [0.1, 0.15) is 5.69 Å². The monoisotopic (exact) mass is 233 g/mol. The minimum Gasteiger partial charge on any atom is -0.354 e. The highest BCUT2D eigenvalue weighted by Crippen LogP contribution is 2.22. The Morgan fingerprint density at radius 1 is 1.18 bits per heavy atom. The molecular weight excluding hydrogens is 214 g/mol. The molecule has 2 heterocycles. The van der Waals surface area contributed by atoms with E-state index in [9.17, 15) is 4.79 Å². The lowest BCUT2D eigenvalue weighted by Gasteiger charge is -2.26. The summed E-state index contributed by atoms with van der Waals surface area (Å²) < 4.78 is 0. The third kappa shape index (κ3) is 2.09. The Morgan fingerprint density at radius 3 is 2.71 bits per heavy atom. The van der Waals surface area contributed by atoms with E-state index in [4.69, 9.17) is 0 Å². The van der Waals surface area contributed by atoms with Crippen LogP contribution in [0.3, 0.4) is 0 Å². The molecule has 1 aliphatic heterocycles. The maximum Gasteiger partial charge on any atom is 0.270 e. The zero-order valence-corrected chi connectivity index (χ0v) is 10.1. The van der Waals surface area contributed by atoms with Crippen molar-refractivity contribution in [3.8, 4) is 0 Å². The summed E-state index contributed by atoms with van der Waals surface area (Å²) in [4.78, 5) is 17.5. The summed E-state index contributed by atoms with van der Waals surface area (Å²) in [5, 5.41) is 3.27. The van der Waals surface area contributed by atoms with Crippen molar-refractivity contribution in [2.24, 2.45) is 0 Å². The lowest BCUT2D eigenvalue weighted by Crippen LogP contribution is -2.46. The molecule has 2 aliphatic rings. The molecular formula is C13H19N3O. The summed E-state index contributed by atoms with van der Waals surface area (Å²) >= 11 is 0. The van der Waals surface area contributed by atoms with Crippen molar-refractivity contribution in [2.45, 2.75) is 25.7 Å². The number of nitrogens with zero attached hydrogens (tertiary/aromatic N) is 1. The van der Waals surface area contributed by atoms with Gasteiger partial charge in [0.25, 0.3) is 5.91 Å². The van der Waals surface area contributed by atoms with Crippen LogP contribution in [0.4, 0.5) is 0 Å². The van der Waals surface area contributed by atoms with Gasteiger partial charge in [0.05, 0.1) is 0 Å². The number of aromatic amines is 1. The van der Waals surface area contributed by atoms with Gasteiger partial charge in [-0.25, -0.2) is 0 Å². The number of nitrogens with one attached hydrogen (secondary N) is 2. The maximum atomic E-state index is 12.3. The second kappa shape index (κ2) is 4.53. The van der Waals surface area contributed by atoms with Crippen molar-refractivity contribution in [1.82, 2.24) is 15.2 Å². The zero-order valence-electron chi connectivity index (χ0n) is 10.1. The van der Waals surface area contributed by atoms with Crippen LogP contribution in [-0.2, 0) is 12.8 Å². The number of amides is 1. The predicted molar refractivity (Wildman–Crippen MR) is 66.2 cm³/mol. The van der Waals surface area contributed by atoms with E-state index in [1.54, 1.807) is 0 Å². The van der Waals surface area contributed by atoms with E-state index in [0.29, 0.717) is 0 Å². The number of hydrogen-bond acceptors (Lipinski definition) is 2. The molecule has 1 saturated heterocycles. The number of rotatable bonds is 1. The van der Waals surface area contributed by atoms with E-state index < -0.39 is 0 Å². The van der Waals surface area contributed by atoms with Crippen molar-refractivity contribution >= 4 is 5.91 Å². The van der Waals surface area contributed by atoms with Gasteiger partial charge in [0, 0.05) is 31.9 Å². The Bertz CT molecular complexity index is 395. The van der Waals surface area contributed by atoms with Gasteiger partial charge in [0.2, 0.25) is 0 Å². The summed E-state index contributed by atoms with van der Waals surface area (Å²) in [7, 11) is 0. The van der Waals surface area contributed by atoms with E-state index in [1.165, 1.54) is 24.1 Å². The predicted octanol–water partition coefficient (Wildman–Crippen LogP) is 0.939. The van der Waals surface area contributed by atoms with Crippen LogP contribution in [0.2, 0.25) is 0 Å². The highest BCUT2D eigenvalue weighted by Gasteiger charge is 2.21. The molecule has 1 aromatic heterocycles. The number of fused-ring (bicyclic) bond motifs is 1. The second-order valence-corrected chi connectivity index (χ2v) is 4.94. The summed E-state index contributed by atoms with van der Waals surface area (Å²) in [6, 6.07) is 2.07. The van der Waals surface area contributed by atoms with E-state index in [-0.39, 0.29) is 5.91 Å². The zero-order chi connectivity index (χ0) is 11.7. The Balaban J connectivity index is 1.78. The standard InChI is InChI=1S/C13H19N3O/c17-13(16-7-5-14-6-8-16)12-9-10-3-1-2-4-11(10)15-12/h9,14-15H,1-8H2. The number of aryl methyl sites for hydroxylation is 2. The van der Waals surface area contributed by atoms with Crippen LogP contribution >= 0.6 is 0 Å².